The first-order valence-electron chi connectivity index (χ1n) is 13.8. The molecule has 3 fully saturated rings. The van der Waals surface area contributed by atoms with Crippen molar-refractivity contribution in [2.75, 3.05) is 31.0 Å². The lowest BCUT2D eigenvalue weighted by Crippen LogP contribution is -2.48. The number of hydrogen-bond donors (Lipinski definition) is 1. The fraction of sp³-hybridized carbons (Fsp3) is 0.452. The first-order chi connectivity index (χ1) is 18.6. The molecule has 2 aromatic carbocycles. The van der Waals surface area contributed by atoms with Crippen LogP contribution >= 0.6 is 0 Å². The molecule has 7 heteroatoms. The van der Waals surface area contributed by atoms with Crippen LogP contribution in [-0.4, -0.2) is 53.5 Å². The second-order valence-electron chi connectivity index (χ2n) is 11.0. The van der Waals surface area contributed by atoms with Gasteiger partial charge < -0.3 is 19.1 Å². The number of anilines is 1. The molecule has 200 valence electrons. The van der Waals surface area contributed by atoms with E-state index >= 15 is 0 Å². The van der Waals surface area contributed by atoms with Crippen LogP contribution in [0, 0.1) is 11.3 Å². The molecule has 2 aliphatic carbocycles. The van der Waals surface area contributed by atoms with Crippen LogP contribution in [0.2, 0.25) is 0 Å². The maximum atomic E-state index is 13.4. The minimum absolute atomic E-state index is 0.0790. The maximum absolute atomic E-state index is 13.4. The fourth-order valence-electron chi connectivity index (χ4n) is 6.40. The lowest BCUT2D eigenvalue weighted by molar-refractivity contribution is -0.103. The lowest BCUT2D eigenvalue weighted by Gasteiger charge is -2.50. The number of ether oxygens (including phenoxy) is 2. The highest BCUT2D eigenvalue weighted by atomic mass is 32.2. The van der Waals surface area contributed by atoms with Crippen molar-refractivity contribution in [3.05, 3.63) is 88.9 Å². The number of nitrogens with one attached hydrogen (secondary N) is 1. The van der Waals surface area contributed by atoms with Crippen molar-refractivity contribution in [3.63, 3.8) is 0 Å². The van der Waals surface area contributed by atoms with Gasteiger partial charge in [0.05, 0.1) is 18.1 Å². The topological polar surface area (TPSA) is 67.9 Å². The van der Waals surface area contributed by atoms with Gasteiger partial charge in [0, 0.05) is 24.3 Å². The molecule has 0 aromatic heterocycles. The van der Waals surface area contributed by atoms with Crippen molar-refractivity contribution in [2.45, 2.75) is 50.7 Å². The SMILES string of the molecule is O=C(c1ccc(NS(=O)C2=CC=CC3OCCOC23)cc1)N1CCC(Cc2ccccc2)(C2CCC2)CC1. The summed E-state index contributed by atoms with van der Waals surface area (Å²) in [4.78, 5) is 16.0. The first-order valence-corrected chi connectivity index (χ1v) is 15.0. The Hall–Kier alpha value is -2.74. The lowest BCUT2D eigenvalue weighted by atomic mass is 9.58. The van der Waals surface area contributed by atoms with Crippen LogP contribution in [0.15, 0.2) is 77.7 Å². The van der Waals surface area contributed by atoms with Gasteiger partial charge in [-0.05, 0) is 79.3 Å². The number of allylic oxidation sites excluding steroid dienone is 2. The summed E-state index contributed by atoms with van der Waals surface area (Å²) in [6.07, 6.45) is 12.3. The number of likely N-dealkylation sites (tertiary alicyclic amines) is 1. The molecule has 2 heterocycles. The van der Waals surface area contributed by atoms with Crippen molar-refractivity contribution >= 4 is 22.6 Å². The van der Waals surface area contributed by atoms with Crippen molar-refractivity contribution in [1.29, 1.82) is 0 Å². The largest absolute Gasteiger partial charge is 0.369 e. The van der Waals surface area contributed by atoms with Gasteiger partial charge in [-0.1, -0.05) is 48.9 Å². The molecule has 3 atom stereocenters. The highest BCUT2D eigenvalue weighted by molar-refractivity contribution is 7.90. The quantitative estimate of drug-likeness (QED) is 0.528. The Bertz CT molecular complexity index is 1210. The highest BCUT2D eigenvalue weighted by Crippen LogP contribution is 2.50. The van der Waals surface area contributed by atoms with Crippen molar-refractivity contribution in [3.8, 4) is 0 Å². The van der Waals surface area contributed by atoms with Gasteiger partial charge in [-0.2, -0.15) is 0 Å². The van der Waals surface area contributed by atoms with E-state index in [1.807, 2.05) is 47.4 Å². The van der Waals surface area contributed by atoms with Crippen molar-refractivity contribution in [2.24, 2.45) is 11.3 Å². The number of rotatable bonds is 7. The number of hydrogen-bond acceptors (Lipinski definition) is 4. The third-order valence-corrected chi connectivity index (χ3v) is 10.0. The second kappa shape index (κ2) is 11.2. The Morgan fingerprint density at radius 3 is 2.45 bits per heavy atom. The van der Waals surface area contributed by atoms with Crippen LogP contribution in [0.25, 0.3) is 0 Å². The summed E-state index contributed by atoms with van der Waals surface area (Å²) in [5.74, 6) is 0.858. The molecule has 1 saturated carbocycles. The van der Waals surface area contributed by atoms with Crippen LogP contribution < -0.4 is 4.72 Å². The standard InChI is InChI=1S/C31H36N2O4S/c34-30(33-18-16-31(17-19-33,25-8-4-9-25)22-23-6-2-1-3-7-23)24-12-14-26(15-13-24)32-38(35)28-11-5-10-27-29(28)37-21-20-36-27/h1-3,5-7,10-15,25,27,29,32H,4,8-9,16-22H2. The number of amides is 1. The van der Waals surface area contributed by atoms with Crippen LogP contribution in [0.5, 0.6) is 0 Å². The van der Waals surface area contributed by atoms with Gasteiger partial charge in [0.2, 0.25) is 0 Å². The third kappa shape index (κ3) is 5.24. The van der Waals surface area contributed by atoms with Gasteiger partial charge >= 0.3 is 0 Å². The fourth-order valence-corrected chi connectivity index (χ4v) is 7.48. The first kappa shape index (κ1) is 25.5. The molecule has 3 unspecified atom stereocenters. The maximum Gasteiger partial charge on any atom is 0.253 e. The number of carbonyl (C=O) groups excluding carboxylic acids is 1. The van der Waals surface area contributed by atoms with Crippen LogP contribution in [0.3, 0.4) is 0 Å². The van der Waals surface area contributed by atoms with E-state index < -0.39 is 11.0 Å². The highest BCUT2D eigenvalue weighted by Gasteiger charge is 2.44. The molecule has 0 radical (unpaired) electrons. The molecule has 2 saturated heterocycles. The summed E-state index contributed by atoms with van der Waals surface area (Å²) >= 11 is 0. The smallest absolute Gasteiger partial charge is 0.253 e. The monoisotopic (exact) mass is 532 g/mol. The molecule has 38 heavy (non-hydrogen) atoms. The van der Waals surface area contributed by atoms with E-state index in [2.05, 4.69) is 35.1 Å². The van der Waals surface area contributed by atoms with E-state index in [1.54, 1.807) is 0 Å². The Kier molecular flexibility index (Phi) is 7.50. The summed E-state index contributed by atoms with van der Waals surface area (Å²) < 4.78 is 27.6. The summed E-state index contributed by atoms with van der Waals surface area (Å²) in [5.41, 5.74) is 3.10. The average molecular weight is 533 g/mol. The number of fused-ring (bicyclic) bond motifs is 1. The molecular formula is C31H36N2O4S. The van der Waals surface area contributed by atoms with Crippen LogP contribution in [0.1, 0.15) is 48.0 Å². The molecule has 6 nitrogen and oxygen atoms in total. The molecular weight excluding hydrogens is 496 g/mol. The predicted octanol–water partition coefficient (Wildman–Crippen LogP) is 5.27. The summed E-state index contributed by atoms with van der Waals surface area (Å²) in [6.45, 7) is 2.64. The zero-order valence-electron chi connectivity index (χ0n) is 21.7. The Balaban J connectivity index is 1.07. The molecule has 0 spiro atoms. The van der Waals surface area contributed by atoms with Crippen LogP contribution in [-0.2, 0) is 26.9 Å². The Morgan fingerprint density at radius 1 is 1.00 bits per heavy atom. The number of carbonyl (C=O) groups is 1. The minimum atomic E-state index is -1.46. The number of benzene rings is 2. The number of piperidine rings is 1. The van der Waals surface area contributed by atoms with Crippen LogP contribution in [0.4, 0.5) is 5.69 Å². The molecule has 1 amide bonds. The van der Waals surface area contributed by atoms with Gasteiger partial charge in [0.1, 0.15) is 23.2 Å². The van der Waals surface area contributed by atoms with E-state index in [9.17, 15) is 9.00 Å². The predicted molar refractivity (Wildman–Crippen MR) is 150 cm³/mol. The molecule has 2 aliphatic heterocycles. The second-order valence-corrected chi connectivity index (χ2v) is 12.2. The van der Waals surface area contributed by atoms with E-state index in [4.69, 9.17) is 9.47 Å². The van der Waals surface area contributed by atoms with E-state index in [1.165, 1.54) is 24.8 Å². The minimum Gasteiger partial charge on any atom is -0.369 e. The van der Waals surface area contributed by atoms with E-state index in [-0.39, 0.29) is 18.1 Å². The average Bonchev–Trinajstić information content (AvgIpc) is 2.93. The summed E-state index contributed by atoms with van der Waals surface area (Å²) in [6, 6.07) is 18.2. The summed E-state index contributed by atoms with van der Waals surface area (Å²) in [5, 5.41) is 0. The van der Waals surface area contributed by atoms with Gasteiger partial charge in [0.15, 0.2) is 0 Å². The molecule has 1 N–H and O–H groups in total. The third-order valence-electron chi connectivity index (χ3n) is 8.80. The molecule has 2 aromatic rings. The zero-order valence-corrected chi connectivity index (χ0v) is 22.5. The molecule has 4 aliphatic rings. The molecule has 0 bridgehead atoms. The van der Waals surface area contributed by atoms with Gasteiger partial charge in [-0.15, -0.1) is 0 Å². The Labute approximate surface area is 227 Å². The van der Waals surface area contributed by atoms with E-state index in [0.29, 0.717) is 34.8 Å². The molecule has 6 rings (SSSR count). The summed E-state index contributed by atoms with van der Waals surface area (Å²) in [7, 11) is -1.46. The normalized spacial score (nSPS) is 25.6. The zero-order chi connectivity index (χ0) is 26.0. The van der Waals surface area contributed by atoms with Crippen molar-refractivity contribution in [1.82, 2.24) is 4.90 Å². The van der Waals surface area contributed by atoms with Crippen molar-refractivity contribution < 1.29 is 18.5 Å². The van der Waals surface area contributed by atoms with Gasteiger partial charge in [-0.3, -0.25) is 4.79 Å². The van der Waals surface area contributed by atoms with Gasteiger partial charge in [-0.25, -0.2) is 4.21 Å². The Morgan fingerprint density at radius 2 is 1.74 bits per heavy atom. The van der Waals surface area contributed by atoms with E-state index in [0.717, 1.165) is 38.3 Å². The van der Waals surface area contributed by atoms with Gasteiger partial charge in [0.25, 0.3) is 5.91 Å². The number of nitrogens with zero attached hydrogens (tertiary/aromatic N) is 1.